The van der Waals surface area contributed by atoms with Crippen molar-refractivity contribution in [2.24, 2.45) is 5.92 Å². The zero-order chi connectivity index (χ0) is 30.6. The quantitative estimate of drug-likeness (QED) is 0.0910. The number of unbranched alkanes of at least 4 members (excludes halogenated alkanes) is 7. The predicted molar refractivity (Wildman–Crippen MR) is 169 cm³/mol. The van der Waals surface area contributed by atoms with E-state index < -0.39 is 23.3 Å². The Hall–Kier alpha value is -2.92. The predicted octanol–water partition coefficient (Wildman–Crippen LogP) is 11.7. The third kappa shape index (κ3) is 8.81. The highest BCUT2D eigenvalue weighted by molar-refractivity contribution is 5.71. The summed E-state index contributed by atoms with van der Waals surface area (Å²) in [6.45, 7) is 7.06. The van der Waals surface area contributed by atoms with E-state index in [1.165, 1.54) is 32.1 Å². The zero-order valence-electron chi connectivity index (χ0n) is 25.6. The van der Waals surface area contributed by atoms with E-state index in [0.717, 1.165) is 44.9 Å². The molecule has 43 heavy (non-hydrogen) atoms. The van der Waals surface area contributed by atoms with Crippen LogP contribution in [0.1, 0.15) is 101 Å². The van der Waals surface area contributed by atoms with Crippen LogP contribution in [0.5, 0.6) is 0 Å². The Kier molecular flexibility index (Phi) is 12.9. The van der Waals surface area contributed by atoms with Gasteiger partial charge in [-0.2, -0.15) is 0 Å². The summed E-state index contributed by atoms with van der Waals surface area (Å²) >= 11 is 0. The lowest BCUT2D eigenvalue weighted by Crippen LogP contribution is -2.19. The standard InChI is InChI=1S/C38H46F4O/c1-3-5-6-7-8-9-10-11-12-31-21-22-32(36(40)35(31)39)29-17-19-30(20-18-29)34-24-23-33(37(41)38(34)42)28-15-13-27(14-16-28)26-43-25-4-2/h4,17-24,27-28H,2-3,5-16,25-26H2,1H3. The van der Waals surface area contributed by atoms with Gasteiger partial charge in [-0.1, -0.05) is 106 Å². The minimum absolute atomic E-state index is 0.0158. The molecule has 0 radical (unpaired) electrons. The highest BCUT2D eigenvalue weighted by Gasteiger charge is 2.27. The molecule has 3 aromatic rings. The van der Waals surface area contributed by atoms with Crippen molar-refractivity contribution in [3.63, 3.8) is 0 Å². The molecular weight excluding hydrogens is 548 g/mol. The Bertz CT molecular complexity index is 1310. The van der Waals surface area contributed by atoms with E-state index in [9.17, 15) is 4.39 Å². The van der Waals surface area contributed by atoms with E-state index in [4.69, 9.17) is 4.74 Å². The van der Waals surface area contributed by atoms with Crippen LogP contribution in [0.4, 0.5) is 17.6 Å². The summed E-state index contributed by atoms with van der Waals surface area (Å²) in [4.78, 5) is 0. The Labute approximate surface area is 255 Å². The number of aryl methyl sites for hydroxylation is 1. The number of hydrogen-bond donors (Lipinski definition) is 0. The first-order chi connectivity index (χ1) is 20.9. The summed E-state index contributed by atoms with van der Waals surface area (Å²) in [5, 5.41) is 0. The first kappa shape index (κ1) is 33.0. The van der Waals surface area contributed by atoms with Gasteiger partial charge >= 0.3 is 0 Å². The number of hydrogen-bond acceptors (Lipinski definition) is 1. The van der Waals surface area contributed by atoms with Gasteiger partial charge in [0, 0.05) is 17.7 Å². The first-order valence-electron chi connectivity index (χ1n) is 16.2. The minimum Gasteiger partial charge on any atom is -0.377 e. The second-order valence-corrected chi connectivity index (χ2v) is 12.1. The molecule has 0 atom stereocenters. The van der Waals surface area contributed by atoms with Crippen LogP contribution in [0.3, 0.4) is 0 Å². The molecule has 4 rings (SSSR count). The number of rotatable bonds is 16. The molecule has 1 saturated carbocycles. The van der Waals surface area contributed by atoms with Crippen molar-refractivity contribution in [1.29, 1.82) is 0 Å². The smallest absolute Gasteiger partial charge is 0.166 e. The molecule has 0 unspecified atom stereocenters. The van der Waals surface area contributed by atoms with Crippen LogP contribution in [0, 0.1) is 29.2 Å². The van der Waals surface area contributed by atoms with Crippen LogP contribution >= 0.6 is 0 Å². The Morgan fingerprint density at radius 2 is 1.23 bits per heavy atom. The molecule has 0 N–H and O–H groups in total. The summed E-state index contributed by atoms with van der Waals surface area (Å²) in [5.41, 5.74) is 2.12. The van der Waals surface area contributed by atoms with Gasteiger partial charge in [0.2, 0.25) is 0 Å². The average Bonchev–Trinajstić information content (AvgIpc) is 3.02. The first-order valence-corrected chi connectivity index (χ1v) is 16.2. The van der Waals surface area contributed by atoms with E-state index >= 15 is 13.2 Å². The number of halogens is 4. The Balaban J connectivity index is 1.36. The lowest BCUT2D eigenvalue weighted by atomic mass is 9.78. The van der Waals surface area contributed by atoms with Crippen molar-refractivity contribution in [3.8, 4) is 22.3 Å². The summed E-state index contributed by atoms with van der Waals surface area (Å²) in [6, 6.07) is 13.1. The maximum Gasteiger partial charge on any atom is 0.166 e. The molecule has 0 spiro atoms. The average molecular weight is 595 g/mol. The molecule has 232 valence electrons. The summed E-state index contributed by atoms with van der Waals surface area (Å²) in [6.07, 6.45) is 14.9. The third-order valence-electron chi connectivity index (χ3n) is 8.96. The van der Waals surface area contributed by atoms with Gasteiger partial charge in [0.25, 0.3) is 0 Å². The van der Waals surface area contributed by atoms with Gasteiger partial charge in [0.1, 0.15) is 0 Å². The number of benzene rings is 3. The normalized spacial score (nSPS) is 16.9. The number of ether oxygens (including phenoxy) is 1. The molecule has 1 fully saturated rings. The monoisotopic (exact) mass is 594 g/mol. The molecule has 3 aromatic carbocycles. The van der Waals surface area contributed by atoms with Gasteiger partial charge in [-0.15, -0.1) is 6.58 Å². The molecule has 0 aliphatic heterocycles. The van der Waals surface area contributed by atoms with Crippen molar-refractivity contribution in [2.45, 2.75) is 96.3 Å². The summed E-state index contributed by atoms with van der Waals surface area (Å²) in [7, 11) is 0. The lowest BCUT2D eigenvalue weighted by Gasteiger charge is -2.29. The second-order valence-electron chi connectivity index (χ2n) is 12.1. The van der Waals surface area contributed by atoms with Gasteiger partial charge in [-0.25, -0.2) is 17.6 Å². The van der Waals surface area contributed by atoms with Crippen molar-refractivity contribution < 1.29 is 22.3 Å². The lowest BCUT2D eigenvalue weighted by molar-refractivity contribution is 0.102. The van der Waals surface area contributed by atoms with Crippen LogP contribution in [0.2, 0.25) is 0 Å². The van der Waals surface area contributed by atoms with Crippen LogP contribution < -0.4 is 0 Å². The van der Waals surface area contributed by atoms with Crippen LogP contribution in [0.15, 0.2) is 61.2 Å². The second kappa shape index (κ2) is 16.8. The highest BCUT2D eigenvalue weighted by atomic mass is 19.2. The van der Waals surface area contributed by atoms with E-state index in [1.54, 1.807) is 54.6 Å². The Morgan fingerprint density at radius 3 is 1.84 bits per heavy atom. The van der Waals surface area contributed by atoms with Gasteiger partial charge in [0.05, 0.1) is 6.61 Å². The van der Waals surface area contributed by atoms with Crippen molar-refractivity contribution in [3.05, 3.63) is 95.6 Å². The van der Waals surface area contributed by atoms with Crippen LogP contribution in [-0.4, -0.2) is 13.2 Å². The minimum atomic E-state index is -0.871. The Morgan fingerprint density at radius 1 is 0.674 bits per heavy atom. The van der Waals surface area contributed by atoms with Crippen molar-refractivity contribution in [1.82, 2.24) is 0 Å². The van der Waals surface area contributed by atoms with Gasteiger partial charge in [-0.05, 0) is 72.6 Å². The highest BCUT2D eigenvalue weighted by Crippen LogP contribution is 2.39. The molecule has 0 bridgehead atoms. The molecule has 0 aromatic heterocycles. The molecule has 1 aliphatic carbocycles. The van der Waals surface area contributed by atoms with Crippen LogP contribution in [-0.2, 0) is 11.2 Å². The summed E-state index contributed by atoms with van der Waals surface area (Å²) in [5.74, 6) is -2.92. The van der Waals surface area contributed by atoms with Gasteiger partial charge in [0.15, 0.2) is 23.3 Å². The van der Waals surface area contributed by atoms with Gasteiger partial charge in [-0.3, -0.25) is 0 Å². The molecule has 5 heteroatoms. The molecule has 1 nitrogen and oxygen atoms in total. The topological polar surface area (TPSA) is 9.23 Å². The van der Waals surface area contributed by atoms with Gasteiger partial charge < -0.3 is 4.74 Å². The van der Waals surface area contributed by atoms with Crippen LogP contribution in [0.25, 0.3) is 22.3 Å². The van der Waals surface area contributed by atoms with Crippen molar-refractivity contribution in [2.75, 3.05) is 13.2 Å². The summed E-state index contributed by atoms with van der Waals surface area (Å²) < 4.78 is 66.1. The fraction of sp³-hybridized carbons (Fsp3) is 0.474. The fourth-order valence-corrected chi connectivity index (χ4v) is 6.34. The SMILES string of the molecule is C=CCOCC1CCC(c2ccc(-c3ccc(-c4ccc(CCCCCCCCCC)c(F)c4F)cc3)c(F)c2F)CC1. The van der Waals surface area contributed by atoms with E-state index in [0.29, 0.717) is 47.8 Å². The van der Waals surface area contributed by atoms with Crippen molar-refractivity contribution >= 4 is 0 Å². The maximum absolute atomic E-state index is 15.3. The maximum atomic E-state index is 15.3. The molecule has 0 amide bonds. The fourth-order valence-electron chi connectivity index (χ4n) is 6.34. The molecule has 0 heterocycles. The third-order valence-corrected chi connectivity index (χ3v) is 8.96. The van der Waals surface area contributed by atoms with E-state index in [2.05, 4.69) is 13.5 Å². The largest absolute Gasteiger partial charge is 0.377 e. The molecule has 1 aliphatic rings. The molecular formula is C38H46F4O. The molecule has 0 saturated heterocycles. The van der Waals surface area contributed by atoms with E-state index in [1.807, 2.05) is 0 Å². The zero-order valence-corrected chi connectivity index (χ0v) is 25.6. The van der Waals surface area contributed by atoms with E-state index in [-0.39, 0.29) is 17.0 Å².